The van der Waals surface area contributed by atoms with E-state index >= 15 is 0 Å². The van der Waals surface area contributed by atoms with Crippen molar-refractivity contribution in [2.24, 2.45) is 0 Å². The summed E-state index contributed by atoms with van der Waals surface area (Å²) in [5.74, 6) is -2.16. The molecule has 0 aliphatic rings. The number of benzene rings is 1. The lowest BCUT2D eigenvalue weighted by Crippen LogP contribution is -2.11. The summed E-state index contributed by atoms with van der Waals surface area (Å²) < 4.78 is 52.7. The molecule has 5 nitrogen and oxygen atoms in total. The van der Waals surface area contributed by atoms with E-state index in [1.54, 1.807) is 6.20 Å². The van der Waals surface area contributed by atoms with Crippen LogP contribution in [0.2, 0.25) is 0 Å². The maximum atomic E-state index is 12.4. The molecule has 21 heavy (non-hydrogen) atoms. The van der Waals surface area contributed by atoms with E-state index < -0.39 is 20.5 Å². The van der Waals surface area contributed by atoms with Gasteiger partial charge in [-0.2, -0.15) is 8.78 Å². The predicted molar refractivity (Wildman–Crippen MR) is 72.8 cm³/mol. The van der Waals surface area contributed by atoms with Gasteiger partial charge in [0.2, 0.25) is 15.7 Å². The van der Waals surface area contributed by atoms with Crippen LogP contribution in [0.15, 0.2) is 39.8 Å². The van der Waals surface area contributed by atoms with Crippen LogP contribution in [0.25, 0.3) is 0 Å². The number of oxazole rings is 1. The maximum Gasteiger partial charge on any atom is 0.341 e. The summed E-state index contributed by atoms with van der Waals surface area (Å²) in [6, 6.07) is 5.10. The van der Waals surface area contributed by atoms with Gasteiger partial charge >= 0.3 is 5.76 Å². The summed E-state index contributed by atoms with van der Waals surface area (Å²) in [6.07, 6.45) is 2.38. The number of sulfone groups is 1. The van der Waals surface area contributed by atoms with Crippen molar-refractivity contribution in [2.75, 3.05) is 5.32 Å². The Bertz CT molecular complexity index is 696. The number of aryl methyl sites for hydroxylation is 1. The monoisotopic (exact) mass is 316 g/mol. The molecule has 0 aliphatic carbocycles. The molecule has 1 heterocycles. The van der Waals surface area contributed by atoms with Crippen LogP contribution in [0.3, 0.4) is 0 Å². The van der Waals surface area contributed by atoms with Crippen LogP contribution in [-0.4, -0.2) is 19.2 Å². The third kappa shape index (κ3) is 3.57. The van der Waals surface area contributed by atoms with Crippen LogP contribution in [0.1, 0.15) is 18.6 Å². The molecule has 2 aromatic rings. The van der Waals surface area contributed by atoms with E-state index in [2.05, 4.69) is 10.3 Å². The summed E-state index contributed by atoms with van der Waals surface area (Å²) in [6.45, 7) is 2.26. The van der Waals surface area contributed by atoms with Gasteiger partial charge in [0.25, 0.3) is 0 Å². The van der Waals surface area contributed by atoms with Gasteiger partial charge in [-0.25, -0.2) is 13.4 Å². The Hall–Kier alpha value is -1.96. The lowest BCUT2D eigenvalue weighted by molar-refractivity contribution is 0.234. The predicted octanol–water partition coefficient (Wildman–Crippen LogP) is 2.85. The number of halogens is 2. The van der Waals surface area contributed by atoms with Crippen molar-refractivity contribution >= 4 is 15.5 Å². The second kappa shape index (κ2) is 6.21. The van der Waals surface area contributed by atoms with Gasteiger partial charge in [-0.1, -0.05) is 6.92 Å². The third-order valence-electron chi connectivity index (χ3n) is 2.81. The molecule has 114 valence electrons. The molecule has 0 amide bonds. The zero-order valence-corrected chi connectivity index (χ0v) is 12.0. The Balaban J connectivity index is 2.03. The van der Waals surface area contributed by atoms with Crippen molar-refractivity contribution in [3.8, 4) is 0 Å². The summed E-state index contributed by atoms with van der Waals surface area (Å²) in [5.41, 5.74) is 0.583. The zero-order valence-electron chi connectivity index (χ0n) is 11.2. The molecule has 0 saturated heterocycles. The molecule has 0 unspecified atom stereocenters. The highest BCUT2D eigenvalue weighted by molar-refractivity contribution is 7.91. The van der Waals surface area contributed by atoms with E-state index in [4.69, 9.17) is 4.42 Å². The number of nitrogens with zero attached hydrogens (tertiary/aromatic N) is 1. The number of hydrogen-bond donors (Lipinski definition) is 1. The first-order valence-electron chi connectivity index (χ1n) is 6.23. The molecule has 2 rings (SSSR count). The Labute approximate surface area is 120 Å². The van der Waals surface area contributed by atoms with Gasteiger partial charge in [0.05, 0.1) is 17.6 Å². The fourth-order valence-electron chi connectivity index (χ4n) is 1.64. The minimum Gasteiger partial charge on any atom is -0.444 e. The van der Waals surface area contributed by atoms with Gasteiger partial charge in [-0.15, -0.1) is 0 Å². The van der Waals surface area contributed by atoms with Gasteiger partial charge in [-0.05, 0) is 24.3 Å². The molecule has 0 bridgehead atoms. The van der Waals surface area contributed by atoms with Crippen LogP contribution in [-0.2, 0) is 22.8 Å². The summed E-state index contributed by atoms with van der Waals surface area (Å²) in [5, 5.41) is 2.97. The molecule has 1 aromatic carbocycles. The van der Waals surface area contributed by atoms with Gasteiger partial charge in [0.15, 0.2) is 0 Å². The van der Waals surface area contributed by atoms with Crippen molar-refractivity contribution in [1.82, 2.24) is 4.98 Å². The highest BCUT2D eigenvalue weighted by Crippen LogP contribution is 2.20. The molecule has 1 aromatic heterocycles. The van der Waals surface area contributed by atoms with Crippen molar-refractivity contribution in [3.05, 3.63) is 42.1 Å². The number of anilines is 1. The summed E-state index contributed by atoms with van der Waals surface area (Å²) >= 11 is 0. The molecular formula is C13H14F2N2O3S. The van der Waals surface area contributed by atoms with Gasteiger partial charge < -0.3 is 9.73 Å². The van der Waals surface area contributed by atoms with Gasteiger partial charge in [0, 0.05) is 12.1 Å². The van der Waals surface area contributed by atoms with Crippen LogP contribution in [0.5, 0.6) is 0 Å². The molecule has 0 atom stereocenters. The number of rotatable bonds is 6. The standard InChI is InChI=1S/C13H14F2N2O3S/c1-2-10-7-17-12(20-10)8-16-9-3-5-11(6-4-9)21(18,19)13(14)15/h3-7,13,16H,2,8H2,1H3. The first-order valence-corrected chi connectivity index (χ1v) is 7.77. The Morgan fingerprint density at radius 1 is 1.29 bits per heavy atom. The molecule has 0 fully saturated rings. The van der Waals surface area contributed by atoms with E-state index in [0.29, 0.717) is 18.1 Å². The highest BCUT2D eigenvalue weighted by Gasteiger charge is 2.26. The average Bonchev–Trinajstić information content (AvgIpc) is 2.93. The van der Waals surface area contributed by atoms with Crippen molar-refractivity contribution in [3.63, 3.8) is 0 Å². The van der Waals surface area contributed by atoms with Gasteiger partial charge in [-0.3, -0.25) is 0 Å². The topological polar surface area (TPSA) is 72.2 Å². The van der Waals surface area contributed by atoms with E-state index in [9.17, 15) is 17.2 Å². The minimum atomic E-state index is -4.55. The van der Waals surface area contributed by atoms with Crippen molar-refractivity contribution in [2.45, 2.75) is 30.5 Å². The first-order chi connectivity index (χ1) is 9.93. The Morgan fingerprint density at radius 3 is 2.48 bits per heavy atom. The number of aromatic nitrogens is 1. The lowest BCUT2D eigenvalue weighted by Gasteiger charge is -2.06. The summed E-state index contributed by atoms with van der Waals surface area (Å²) in [4.78, 5) is 3.65. The molecule has 0 radical (unpaired) electrons. The van der Waals surface area contributed by atoms with E-state index in [1.165, 1.54) is 12.1 Å². The van der Waals surface area contributed by atoms with Crippen LogP contribution in [0.4, 0.5) is 14.5 Å². The number of alkyl halides is 2. The number of nitrogens with one attached hydrogen (secondary N) is 1. The van der Waals surface area contributed by atoms with E-state index in [0.717, 1.165) is 24.3 Å². The molecular weight excluding hydrogens is 302 g/mol. The average molecular weight is 316 g/mol. The quantitative estimate of drug-likeness (QED) is 0.887. The van der Waals surface area contributed by atoms with Crippen LogP contribution >= 0.6 is 0 Å². The van der Waals surface area contributed by atoms with E-state index in [-0.39, 0.29) is 0 Å². The molecule has 0 aliphatic heterocycles. The highest BCUT2D eigenvalue weighted by atomic mass is 32.2. The minimum absolute atomic E-state index is 0.320. The SMILES string of the molecule is CCc1cnc(CNc2ccc(S(=O)(=O)C(F)F)cc2)o1. The van der Waals surface area contributed by atoms with Crippen molar-refractivity contribution < 1.29 is 21.6 Å². The fourth-order valence-corrected chi connectivity index (χ4v) is 2.36. The normalized spacial score (nSPS) is 11.8. The molecule has 1 N–H and O–H groups in total. The smallest absolute Gasteiger partial charge is 0.341 e. The Morgan fingerprint density at radius 2 is 1.95 bits per heavy atom. The zero-order chi connectivity index (χ0) is 15.5. The summed E-state index contributed by atoms with van der Waals surface area (Å²) in [7, 11) is -4.55. The fraction of sp³-hybridized carbons (Fsp3) is 0.308. The van der Waals surface area contributed by atoms with Gasteiger partial charge in [0.1, 0.15) is 5.76 Å². The second-order valence-corrected chi connectivity index (χ2v) is 6.18. The second-order valence-electron chi connectivity index (χ2n) is 4.26. The van der Waals surface area contributed by atoms with E-state index in [1.807, 2.05) is 6.92 Å². The molecule has 0 saturated carbocycles. The maximum absolute atomic E-state index is 12.4. The Kier molecular flexibility index (Phi) is 4.56. The largest absolute Gasteiger partial charge is 0.444 e. The van der Waals surface area contributed by atoms with Crippen molar-refractivity contribution in [1.29, 1.82) is 0 Å². The lowest BCUT2D eigenvalue weighted by atomic mass is 10.3. The third-order valence-corrected chi connectivity index (χ3v) is 4.21. The number of hydrogen-bond acceptors (Lipinski definition) is 5. The van der Waals surface area contributed by atoms with Crippen LogP contribution in [0, 0.1) is 0 Å². The first kappa shape index (κ1) is 15.4. The van der Waals surface area contributed by atoms with Crippen LogP contribution < -0.4 is 5.32 Å². The molecule has 8 heteroatoms. The molecule has 0 spiro atoms.